The van der Waals surface area contributed by atoms with Gasteiger partial charge in [-0.3, -0.25) is 14.4 Å². The minimum absolute atomic E-state index is 0.0179. The monoisotopic (exact) mass is 575 g/mol. The molecule has 1 fully saturated rings. The molecule has 11 heteroatoms. The Balaban J connectivity index is 1.02. The third-order valence-electron chi connectivity index (χ3n) is 8.09. The van der Waals surface area contributed by atoms with E-state index in [-0.39, 0.29) is 12.0 Å². The third kappa shape index (κ3) is 5.35. The molecule has 3 N–H and O–H groups in total. The average molecular weight is 576 g/mol. The standard InChI is InChI=1S/C32H33N9O2/c1-19-14-35-32(37-27-13-20(2)40(3)39-27)38-29(19)25-16-33-30-24(25)9-6-10-26(30)36-28(42)18-41-12-11-22(17-41)43-31-23-8-5-4-7-21(23)15-34-31/h4-10,13-14,16,22,33H,11-12,15,17-18H2,1-3H3,(H,36,42)(H,35,37,38,39). The predicted molar refractivity (Wildman–Crippen MR) is 167 cm³/mol. The average Bonchev–Trinajstić information content (AvgIpc) is 3.78. The Morgan fingerprint density at radius 3 is 2.88 bits per heavy atom. The predicted octanol–water partition coefficient (Wildman–Crippen LogP) is 4.71. The van der Waals surface area contributed by atoms with Crippen molar-refractivity contribution in [2.45, 2.75) is 32.9 Å². The number of nitrogens with zero attached hydrogens (tertiary/aromatic N) is 6. The minimum Gasteiger partial charge on any atom is -0.473 e. The molecule has 0 bridgehead atoms. The van der Waals surface area contributed by atoms with Gasteiger partial charge in [-0.15, -0.1) is 0 Å². The molecule has 1 unspecified atom stereocenters. The summed E-state index contributed by atoms with van der Waals surface area (Å²) in [5.74, 6) is 1.81. The number of carbonyl (C=O) groups excluding carboxylic acids is 1. The number of aromatic amines is 1. The van der Waals surface area contributed by atoms with Crippen molar-refractivity contribution in [1.29, 1.82) is 0 Å². The molecule has 1 saturated heterocycles. The van der Waals surface area contributed by atoms with E-state index in [4.69, 9.17) is 9.72 Å². The molecule has 3 aromatic heterocycles. The van der Waals surface area contributed by atoms with E-state index in [1.165, 1.54) is 5.56 Å². The number of hydrogen-bond donors (Lipinski definition) is 3. The summed E-state index contributed by atoms with van der Waals surface area (Å²) >= 11 is 0. The van der Waals surface area contributed by atoms with Gasteiger partial charge in [0.15, 0.2) is 5.82 Å². The van der Waals surface area contributed by atoms with Crippen LogP contribution < -0.4 is 10.6 Å². The summed E-state index contributed by atoms with van der Waals surface area (Å²) in [5, 5.41) is 11.7. The largest absolute Gasteiger partial charge is 0.473 e. The lowest BCUT2D eigenvalue weighted by Gasteiger charge is -2.17. The molecule has 2 aromatic carbocycles. The molecule has 43 heavy (non-hydrogen) atoms. The molecule has 2 aliphatic rings. The highest BCUT2D eigenvalue weighted by molar-refractivity contribution is 6.06. The maximum Gasteiger partial charge on any atom is 0.238 e. The van der Waals surface area contributed by atoms with E-state index in [9.17, 15) is 4.79 Å². The number of para-hydroxylation sites is 1. The van der Waals surface area contributed by atoms with E-state index < -0.39 is 0 Å². The lowest BCUT2D eigenvalue weighted by molar-refractivity contribution is -0.117. The van der Waals surface area contributed by atoms with Crippen LogP contribution in [-0.2, 0) is 23.1 Å². The van der Waals surface area contributed by atoms with Crippen LogP contribution in [0.4, 0.5) is 17.5 Å². The number of carbonyl (C=O) groups is 1. The van der Waals surface area contributed by atoms with Crippen LogP contribution in [0, 0.1) is 13.8 Å². The number of aryl methyl sites for hydroxylation is 3. The zero-order valence-electron chi connectivity index (χ0n) is 24.4. The maximum absolute atomic E-state index is 13.1. The molecule has 0 aliphatic carbocycles. The molecule has 1 atom stereocenters. The lowest BCUT2D eigenvalue weighted by atomic mass is 10.1. The third-order valence-corrected chi connectivity index (χ3v) is 8.09. The highest BCUT2D eigenvalue weighted by Crippen LogP contribution is 2.33. The van der Waals surface area contributed by atoms with Crippen LogP contribution in [0.5, 0.6) is 0 Å². The second kappa shape index (κ2) is 11.0. The summed E-state index contributed by atoms with van der Waals surface area (Å²) in [7, 11) is 1.90. The number of rotatable bonds is 7. The van der Waals surface area contributed by atoms with E-state index in [1.807, 2.05) is 63.5 Å². The fraction of sp³-hybridized carbons (Fsp3) is 0.281. The number of fused-ring (bicyclic) bond motifs is 2. The quantitative estimate of drug-likeness (QED) is 0.257. The van der Waals surface area contributed by atoms with Crippen LogP contribution in [0.1, 0.15) is 28.8 Å². The number of aliphatic imine (C=N–C) groups is 1. The zero-order chi connectivity index (χ0) is 29.5. The second-order valence-electron chi connectivity index (χ2n) is 11.2. The molecule has 11 nitrogen and oxygen atoms in total. The van der Waals surface area contributed by atoms with Crippen molar-refractivity contribution in [3.63, 3.8) is 0 Å². The normalized spacial score (nSPS) is 16.3. The van der Waals surface area contributed by atoms with Gasteiger partial charge in [0.25, 0.3) is 0 Å². The lowest BCUT2D eigenvalue weighted by Crippen LogP contribution is -2.33. The first-order valence-corrected chi connectivity index (χ1v) is 14.4. The topological polar surface area (TPSA) is 125 Å². The van der Waals surface area contributed by atoms with Crippen LogP contribution in [-0.4, -0.2) is 67.2 Å². The van der Waals surface area contributed by atoms with Crippen molar-refractivity contribution in [3.05, 3.63) is 83.3 Å². The van der Waals surface area contributed by atoms with Gasteiger partial charge in [-0.1, -0.05) is 30.3 Å². The van der Waals surface area contributed by atoms with Crippen molar-refractivity contribution < 1.29 is 9.53 Å². The van der Waals surface area contributed by atoms with Gasteiger partial charge >= 0.3 is 0 Å². The smallest absolute Gasteiger partial charge is 0.238 e. The van der Waals surface area contributed by atoms with Gasteiger partial charge < -0.3 is 20.4 Å². The fourth-order valence-corrected chi connectivity index (χ4v) is 5.76. The Morgan fingerprint density at radius 1 is 1.14 bits per heavy atom. The van der Waals surface area contributed by atoms with Crippen LogP contribution in [0.3, 0.4) is 0 Å². The summed E-state index contributed by atoms with van der Waals surface area (Å²) < 4.78 is 8.04. The van der Waals surface area contributed by atoms with Crippen LogP contribution in [0.25, 0.3) is 22.2 Å². The summed E-state index contributed by atoms with van der Waals surface area (Å²) in [6.45, 7) is 6.41. The first kappa shape index (κ1) is 26.8. The van der Waals surface area contributed by atoms with Crippen molar-refractivity contribution in [2.75, 3.05) is 30.3 Å². The van der Waals surface area contributed by atoms with Gasteiger partial charge in [0.05, 0.1) is 30.0 Å². The molecule has 218 valence electrons. The molecule has 0 spiro atoms. The first-order chi connectivity index (χ1) is 20.9. The van der Waals surface area contributed by atoms with Crippen molar-refractivity contribution in [1.82, 2.24) is 29.6 Å². The van der Waals surface area contributed by atoms with E-state index in [0.29, 0.717) is 31.4 Å². The summed E-state index contributed by atoms with van der Waals surface area (Å²) in [6.07, 6.45) is 4.61. The van der Waals surface area contributed by atoms with Gasteiger partial charge in [0.2, 0.25) is 17.8 Å². The molecular formula is C32H33N9O2. The van der Waals surface area contributed by atoms with Crippen molar-refractivity contribution in [3.8, 4) is 11.3 Å². The second-order valence-corrected chi connectivity index (χ2v) is 11.2. The van der Waals surface area contributed by atoms with Gasteiger partial charge in [0, 0.05) is 60.8 Å². The molecule has 5 aromatic rings. The Labute approximate surface area is 249 Å². The van der Waals surface area contributed by atoms with Crippen LogP contribution in [0.2, 0.25) is 0 Å². The summed E-state index contributed by atoms with van der Waals surface area (Å²) in [6, 6.07) is 16.0. The maximum atomic E-state index is 13.1. The number of anilines is 3. The number of amides is 1. The van der Waals surface area contributed by atoms with E-state index in [0.717, 1.165) is 63.5 Å². The van der Waals surface area contributed by atoms with Gasteiger partial charge in [-0.25, -0.2) is 15.0 Å². The zero-order valence-corrected chi connectivity index (χ0v) is 24.4. The van der Waals surface area contributed by atoms with Crippen LogP contribution >= 0.6 is 0 Å². The fourth-order valence-electron chi connectivity index (χ4n) is 5.76. The summed E-state index contributed by atoms with van der Waals surface area (Å²) in [5.41, 5.74) is 7.55. The van der Waals surface area contributed by atoms with Gasteiger partial charge in [-0.05, 0) is 43.5 Å². The molecule has 0 saturated carbocycles. The highest BCUT2D eigenvalue weighted by atomic mass is 16.5. The Hall–Kier alpha value is -5.03. The molecule has 5 heterocycles. The van der Waals surface area contributed by atoms with E-state index >= 15 is 0 Å². The molecule has 7 rings (SSSR count). The van der Waals surface area contributed by atoms with Crippen LogP contribution in [0.15, 0.2) is 65.9 Å². The highest BCUT2D eigenvalue weighted by Gasteiger charge is 2.28. The molecule has 0 radical (unpaired) electrons. The number of ether oxygens (including phenoxy) is 1. The Morgan fingerprint density at radius 2 is 2.02 bits per heavy atom. The number of aromatic nitrogens is 5. The summed E-state index contributed by atoms with van der Waals surface area (Å²) in [4.78, 5) is 32.5. The van der Waals surface area contributed by atoms with E-state index in [1.54, 1.807) is 10.9 Å². The number of nitrogens with one attached hydrogen (secondary N) is 3. The Bertz CT molecular complexity index is 1850. The number of likely N-dealkylation sites (tertiary alicyclic amines) is 1. The van der Waals surface area contributed by atoms with Crippen molar-refractivity contribution in [2.24, 2.45) is 12.0 Å². The molecular weight excluding hydrogens is 542 g/mol. The molecule has 2 aliphatic heterocycles. The number of hydrogen-bond acceptors (Lipinski definition) is 8. The van der Waals surface area contributed by atoms with Gasteiger partial charge in [-0.2, -0.15) is 5.10 Å². The first-order valence-electron chi connectivity index (χ1n) is 14.4. The van der Waals surface area contributed by atoms with Gasteiger partial charge in [0.1, 0.15) is 6.10 Å². The number of H-pyrrole nitrogens is 1. The van der Waals surface area contributed by atoms with Crippen molar-refractivity contribution >= 4 is 40.2 Å². The SMILES string of the molecule is Cc1cnc(Nc2cc(C)n(C)n2)nc1-c1c[nH]c2c(NC(=O)CN3CCC(OC4=NCc5ccccc54)C3)cccc12. The molecule has 1 amide bonds. The van der Waals surface area contributed by atoms with E-state index in [2.05, 4.69) is 47.7 Å². The number of benzene rings is 2. The minimum atomic E-state index is -0.0665. The Kier molecular flexibility index (Phi) is 6.86.